The van der Waals surface area contributed by atoms with E-state index in [-0.39, 0.29) is 0 Å². The van der Waals surface area contributed by atoms with Gasteiger partial charge in [-0.05, 0) is 38.0 Å². The second-order valence-electron chi connectivity index (χ2n) is 4.52. The van der Waals surface area contributed by atoms with Gasteiger partial charge in [-0.3, -0.25) is 0 Å². The molecule has 0 rings (SSSR count). The Bertz CT molecular complexity index is 247. The molecule has 0 aromatic heterocycles. The van der Waals surface area contributed by atoms with E-state index in [4.69, 9.17) is 8.85 Å². The molecule has 0 aliphatic heterocycles. The van der Waals surface area contributed by atoms with Crippen LogP contribution in [0, 0.1) is 11.1 Å². The zero-order chi connectivity index (χ0) is 14.1. The Hall–Kier alpha value is -0.0862. The summed E-state index contributed by atoms with van der Waals surface area (Å²) in [6.07, 6.45) is 0. The number of hydrogen-bond donors (Lipinski definition) is 0. The molecule has 0 bridgehead atoms. The zero-order valence-electron chi connectivity index (χ0n) is 13.1. The van der Waals surface area contributed by atoms with Crippen LogP contribution in [0.3, 0.4) is 0 Å². The third-order valence-electron chi connectivity index (χ3n) is 3.64. The van der Waals surface area contributed by atoms with Crippen LogP contribution in [0.25, 0.3) is 0 Å². The molecule has 0 aromatic rings. The van der Waals surface area contributed by atoms with Crippen molar-refractivity contribution in [3.8, 4) is 11.1 Å². The van der Waals surface area contributed by atoms with Crippen LogP contribution in [0.15, 0.2) is 0 Å². The van der Waals surface area contributed by atoms with Gasteiger partial charge in [-0.15, -0.1) is 11.1 Å². The van der Waals surface area contributed by atoms with Gasteiger partial charge >= 0.3 is 0 Å². The first kappa shape index (κ1) is 17.9. The van der Waals surface area contributed by atoms with Crippen LogP contribution < -0.4 is 0 Å². The molecule has 0 radical (unpaired) electrons. The standard InChI is InChI=1S/C14H30O2Si2/c1-7-15-17(9-3,10-4)13-14-18(11-5,12-6)16-8-2/h7-12H2,1-6H3. The van der Waals surface area contributed by atoms with Crippen LogP contribution in [-0.2, 0) is 8.85 Å². The molecular formula is C14H30O2Si2. The lowest BCUT2D eigenvalue weighted by Gasteiger charge is -2.26. The lowest BCUT2D eigenvalue weighted by Crippen LogP contribution is -2.39. The topological polar surface area (TPSA) is 18.5 Å². The molecule has 2 nitrogen and oxygen atoms in total. The van der Waals surface area contributed by atoms with Crippen LogP contribution in [0.2, 0.25) is 24.2 Å². The van der Waals surface area contributed by atoms with E-state index in [9.17, 15) is 0 Å². The third kappa shape index (κ3) is 4.89. The first-order valence-corrected chi connectivity index (χ1v) is 12.0. The molecule has 0 atom stereocenters. The molecule has 0 saturated heterocycles. The van der Waals surface area contributed by atoms with Crippen molar-refractivity contribution in [3.05, 3.63) is 0 Å². The number of rotatable bonds is 8. The third-order valence-corrected chi connectivity index (χ3v) is 11.3. The van der Waals surface area contributed by atoms with Crippen molar-refractivity contribution >= 4 is 16.6 Å². The molecule has 0 aliphatic carbocycles. The van der Waals surface area contributed by atoms with Crippen molar-refractivity contribution in [3.63, 3.8) is 0 Å². The minimum Gasteiger partial charge on any atom is -0.405 e. The molecule has 0 N–H and O–H groups in total. The molecule has 0 aliphatic rings. The summed E-state index contributed by atoms with van der Waals surface area (Å²) in [4.78, 5) is 0. The van der Waals surface area contributed by atoms with Gasteiger partial charge in [0, 0.05) is 13.2 Å². The summed E-state index contributed by atoms with van der Waals surface area (Å²) < 4.78 is 12.0. The maximum absolute atomic E-state index is 6.02. The van der Waals surface area contributed by atoms with Gasteiger partial charge in [-0.25, -0.2) is 0 Å². The predicted octanol–water partition coefficient (Wildman–Crippen LogP) is 4.11. The average Bonchev–Trinajstić information content (AvgIpc) is 2.42. The minimum absolute atomic E-state index is 0.782. The zero-order valence-corrected chi connectivity index (χ0v) is 15.1. The first-order chi connectivity index (χ1) is 8.57. The van der Waals surface area contributed by atoms with Crippen molar-refractivity contribution < 1.29 is 8.85 Å². The SMILES string of the molecule is CCO[Si](C#C[Si](CC)(CC)OCC)(CC)CC. The maximum Gasteiger partial charge on any atom is 0.270 e. The van der Waals surface area contributed by atoms with E-state index in [0.717, 1.165) is 37.4 Å². The summed E-state index contributed by atoms with van der Waals surface area (Å²) in [6.45, 7) is 14.5. The molecule has 106 valence electrons. The van der Waals surface area contributed by atoms with Gasteiger partial charge in [-0.1, -0.05) is 27.7 Å². The first-order valence-electron chi connectivity index (χ1n) is 7.39. The van der Waals surface area contributed by atoms with Crippen LogP contribution in [-0.4, -0.2) is 29.8 Å². The average molecular weight is 287 g/mol. The molecule has 0 saturated carbocycles. The van der Waals surface area contributed by atoms with E-state index in [0.29, 0.717) is 0 Å². The van der Waals surface area contributed by atoms with Crippen LogP contribution in [0.4, 0.5) is 0 Å². The number of hydrogen-bond acceptors (Lipinski definition) is 2. The summed E-state index contributed by atoms with van der Waals surface area (Å²) in [5.74, 6) is 0. The second-order valence-corrected chi connectivity index (χ2v) is 12.4. The van der Waals surface area contributed by atoms with Crippen molar-refractivity contribution in [2.75, 3.05) is 13.2 Å². The molecule has 0 unspecified atom stereocenters. The Labute approximate surface area is 116 Å². The normalized spacial score (nSPS) is 12.1. The van der Waals surface area contributed by atoms with Gasteiger partial charge in [0.15, 0.2) is 0 Å². The lowest BCUT2D eigenvalue weighted by molar-refractivity contribution is 0.329. The van der Waals surface area contributed by atoms with Gasteiger partial charge < -0.3 is 8.85 Å². The highest BCUT2D eigenvalue weighted by molar-refractivity contribution is 6.87. The molecule has 0 amide bonds. The Morgan fingerprint density at radius 1 is 0.611 bits per heavy atom. The monoisotopic (exact) mass is 286 g/mol. The van der Waals surface area contributed by atoms with E-state index in [1.807, 2.05) is 0 Å². The van der Waals surface area contributed by atoms with Crippen molar-refractivity contribution in [1.29, 1.82) is 0 Å². The van der Waals surface area contributed by atoms with Crippen LogP contribution >= 0.6 is 0 Å². The fourth-order valence-electron chi connectivity index (χ4n) is 2.11. The van der Waals surface area contributed by atoms with Crippen molar-refractivity contribution in [2.45, 2.75) is 65.7 Å². The van der Waals surface area contributed by atoms with Crippen LogP contribution in [0.1, 0.15) is 41.5 Å². The minimum atomic E-state index is -1.82. The highest BCUT2D eigenvalue weighted by Crippen LogP contribution is 2.19. The Balaban J connectivity index is 5.15. The second kappa shape index (κ2) is 8.92. The largest absolute Gasteiger partial charge is 0.405 e. The fraction of sp³-hybridized carbons (Fsp3) is 0.857. The predicted molar refractivity (Wildman–Crippen MR) is 84.5 cm³/mol. The highest BCUT2D eigenvalue weighted by Gasteiger charge is 2.32. The van der Waals surface area contributed by atoms with Gasteiger partial charge in [0.2, 0.25) is 0 Å². The van der Waals surface area contributed by atoms with Crippen LogP contribution in [0.5, 0.6) is 0 Å². The molecule has 4 heteroatoms. The molecule has 0 heterocycles. The maximum atomic E-state index is 6.02. The fourth-order valence-corrected chi connectivity index (χ4v) is 7.71. The summed E-state index contributed by atoms with van der Waals surface area (Å²) in [6, 6.07) is 4.31. The Morgan fingerprint density at radius 2 is 0.889 bits per heavy atom. The van der Waals surface area contributed by atoms with Gasteiger partial charge in [0.05, 0.1) is 0 Å². The van der Waals surface area contributed by atoms with E-state index in [1.54, 1.807) is 0 Å². The molecule has 0 fully saturated rings. The summed E-state index contributed by atoms with van der Waals surface area (Å²) in [5, 5.41) is 0. The summed E-state index contributed by atoms with van der Waals surface area (Å²) in [5.41, 5.74) is 7.13. The Kier molecular flexibility index (Phi) is 8.88. The summed E-state index contributed by atoms with van der Waals surface area (Å²) in [7, 11) is -3.64. The van der Waals surface area contributed by atoms with E-state index in [2.05, 4.69) is 52.6 Å². The van der Waals surface area contributed by atoms with Gasteiger partial charge in [0.25, 0.3) is 16.6 Å². The Morgan fingerprint density at radius 3 is 1.06 bits per heavy atom. The summed E-state index contributed by atoms with van der Waals surface area (Å²) >= 11 is 0. The van der Waals surface area contributed by atoms with E-state index >= 15 is 0 Å². The molecular weight excluding hydrogens is 256 g/mol. The van der Waals surface area contributed by atoms with E-state index < -0.39 is 16.6 Å². The van der Waals surface area contributed by atoms with E-state index in [1.165, 1.54) is 0 Å². The molecule has 18 heavy (non-hydrogen) atoms. The van der Waals surface area contributed by atoms with Crippen molar-refractivity contribution in [1.82, 2.24) is 0 Å². The highest BCUT2D eigenvalue weighted by atomic mass is 28.4. The quantitative estimate of drug-likeness (QED) is 0.494. The van der Waals surface area contributed by atoms with Gasteiger partial charge in [-0.2, -0.15) is 0 Å². The molecule has 0 spiro atoms. The molecule has 0 aromatic carbocycles. The lowest BCUT2D eigenvalue weighted by atomic mass is 10.9. The van der Waals surface area contributed by atoms with Crippen molar-refractivity contribution in [2.24, 2.45) is 0 Å². The smallest absolute Gasteiger partial charge is 0.270 e. The van der Waals surface area contributed by atoms with Gasteiger partial charge in [0.1, 0.15) is 0 Å².